The largest absolute Gasteiger partial charge is 0.435 e. The van der Waals surface area contributed by atoms with Gasteiger partial charge in [0.05, 0.1) is 39.7 Å². The maximum absolute atomic E-state index is 15.2. The lowest BCUT2D eigenvalue weighted by Crippen LogP contribution is -2.47. The van der Waals surface area contributed by atoms with Gasteiger partial charge in [0.1, 0.15) is 47.3 Å². The first kappa shape index (κ1) is 84.0. The van der Waals surface area contributed by atoms with Gasteiger partial charge in [-0.1, -0.05) is 13.0 Å². The van der Waals surface area contributed by atoms with Crippen molar-refractivity contribution in [3.63, 3.8) is 0 Å². The van der Waals surface area contributed by atoms with E-state index >= 15 is 13.2 Å². The van der Waals surface area contributed by atoms with E-state index in [0.29, 0.717) is 53.1 Å². The summed E-state index contributed by atoms with van der Waals surface area (Å²) in [5.41, 5.74) is 4.68. The molecule has 12 heterocycles. The number of nitrogens with one attached hydrogen (secondary N) is 6. The first-order valence-corrected chi connectivity index (χ1v) is 38.2. The van der Waals surface area contributed by atoms with Gasteiger partial charge in [-0.25, -0.2) is 66.2 Å². The van der Waals surface area contributed by atoms with E-state index in [-0.39, 0.29) is 90.4 Å². The Labute approximate surface area is 680 Å². The van der Waals surface area contributed by atoms with Crippen molar-refractivity contribution in [1.82, 2.24) is 104 Å². The minimum Gasteiger partial charge on any atom is -0.435 e. The number of fused-ring (bicyclic) bond motifs is 3. The van der Waals surface area contributed by atoms with Crippen molar-refractivity contribution in [1.29, 1.82) is 0 Å². The molecule has 0 saturated carbocycles. The first-order valence-electron chi connectivity index (χ1n) is 38.2. The van der Waals surface area contributed by atoms with Crippen LogP contribution < -0.4 is 30.2 Å². The van der Waals surface area contributed by atoms with E-state index in [4.69, 9.17) is 14.2 Å². The lowest BCUT2D eigenvalue weighted by molar-refractivity contribution is 0.0662. The van der Waals surface area contributed by atoms with E-state index in [1.165, 1.54) is 65.8 Å². The van der Waals surface area contributed by atoms with Gasteiger partial charge in [0, 0.05) is 198 Å². The van der Waals surface area contributed by atoms with Crippen molar-refractivity contribution in [3.05, 3.63) is 196 Å². The molecule has 0 bridgehead atoms. The fraction of sp³-hybridized carbons (Fsp3) is 0.329. The monoisotopic (exact) mass is 1640 g/mol. The van der Waals surface area contributed by atoms with Gasteiger partial charge in [0.2, 0.25) is 17.6 Å². The van der Waals surface area contributed by atoms with Crippen LogP contribution in [0.3, 0.4) is 0 Å². The van der Waals surface area contributed by atoms with Crippen molar-refractivity contribution in [2.24, 2.45) is 0 Å². The SMILES string of the molecule is CCN1CCN(Cc2ccc(Nc3ncnc(Oc4cc(F)c5[nH]c(C)cc5c4F)c3C(=O)N(C)C)nc2)CC1.Cc1cc2c(F)c(Oc3ncnc(Nc4ccc(C(=O)N5CCN(C)CC5)cn4)c3C(=O)N(C)C)cc(F)c2[nH]1.Cc1cc2c(F)c(Oc3ncnc(Nc4ccc(CN5CCN(C)CC5)nc4)c3C(=O)N(C)C)cc(F)c2[nH]1. The first-order chi connectivity index (χ1) is 57.0. The lowest BCUT2D eigenvalue weighted by Gasteiger charge is -2.33. The van der Waals surface area contributed by atoms with E-state index in [1.54, 1.807) is 84.5 Å². The van der Waals surface area contributed by atoms with E-state index in [1.807, 2.05) is 25.2 Å². The zero-order valence-corrected chi connectivity index (χ0v) is 67.7. The zero-order valence-electron chi connectivity index (χ0n) is 67.7. The molecule has 12 aromatic rings. The van der Waals surface area contributed by atoms with E-state index < -0.39 is 69.9 Å². The molecule has 0 atom stereocenters. The average Bonchev–Trinajstić information content (AvgIpc) is 0.941. The molecule has 0 unspecified atom stereocenters. The van der Waals surface area contributed by atoms with Crippen LogP contribution in [0.2, 0.25) is 0 Å². The summed E-state index contributed by atoms with van der Waals surface area (Å²) in [6.45, 7) is 20.9. The minimum absolute atomic E-state index is 0.0100. The van der Waals surface area contributed by atoms with Gasteiger partial charge < -0.3 is 79.4 Å². The number of carbonyl (C=O) groups is 4. The number of aromatic amines is 3. The predicted octanol–water partition coefficient (Wildman–Crippen LogP) is 11.8. The molecule has 4 amide bonds. The average molecular weight is 1640 g/mol. The Morgan fingerprint density at radius 3 is 1.19 bits per heavy atom. The van der Waals surface area contributed by atoms with Crippen LogP contribution in [0.4, 0.5) is 61.1 Å². The Kier molecular flexibility index (Phi) is 25.9. The number of hydrogen-bond acceptors (Lipinski definition) is 24. The van der Waals surface area contributed by atoms with Crippen molar-refractivity contribution in [3.8, 4) is 34.9 Å². The topological polar surface area (TPSA) is 325 Å². The Morgan fingerprint density at radius 1 is 0.429 bits per heavy atom. The Morgan fingerprint density at radius 2 is 0.815 bits per heavy atom. The number of piperazine rings is 3. The van der Waals surface area contributed by atoms with Gasteiger partial charge in [0.25, 0.3) is 23.6 Å². The minimum atomic E-state index is -0.806. The molecule has 3 aliphatic heterocycles. The molecule has 0 aliphatic carbocycles. The maximum Gasteiger partial charge on any atom is 0.262 e. The number of likely N-dealkylation sites (N-methyl/N-ethyl adjacent to an activating group) is 3. The standard InChI is InChI=1S/C28H32F2N8O2.C27H28F2N8O3.C27H30F2N8O2/c1-5-37-8-10-38(11-9-37)15-18-6-7-22(31-14-18)35-26-23(28(39)36(3)4)27(33-16-32-26)40-21-13-20(29)25-19(24(21)30)12-17(2)34-25;1-15-11-17-22(29)19(12-18(28)23(17)33-15)40-25-21(27(39)35(2)3)24(31-14-32-25)34-20-6-5-16(13-30-20)26(38)37-9-7-36(4)8-10-37;1-16-11-19-23(29)21(12-20(28)24(19)33-16)39-26-22(27(38)35(2)3)25(31-15-32-26)34-17-5-6-18(30-13-17)14-37-9-7-36(4)8-10-37/h6-7,12-14,16,34H,5,8-11,15H2,1-4H3,(H,31,32,33,35);5-6,11-14,33H,7-10H2,1-4H3,(H,30,31,32,34);5-6,11-13,15,33H,7-10,14H2,1-4H3,(H,31,32,34). The molecule has 0 radical (unpaired) electrons. The van der Waals surface area contributed by atoms with Gasteiger partial charge >= 0.3 is 0 Å². The van der Waals surface area contributed by atoms with Gasteiger partial charge in [0.15, 0.2) is 69.6 Å². The number of rotatable bonds is 21. The van der Waals surface area contributed by atoms with Crippen LogP contribution in [0.25, 0.3) is 32.7 Å². The summed E-state index contributed by atoms with van der Waals surface area (Å²) in [7, 11) is 13.4. The highest BCUT2D eigenvalue weighted by Gasteiger charge is 2.31. The Hall–Kier alpha value is -13.0. The number of anilines is 6. The third kappa shape index (κ3) is 19.5. The molecule has 15 rings (SSSR count). The molecule has 6 N–H and O–H groups in total. The number of ether oxygens (including phenoxy) is 3. The fourth-order valence-corrected chi connectivity index (χ4v) is 13.5. The fourth-order valence-electron chi connectivity index (χ4n) is 13.5. The number of pyridine rings is 3. The molecule has 622 valence electrons. The highest BCUT2D eigenvalue weighted by atomic mass is 19.1. The van der Waals surface area contributed by atoms with Crippen molar-refractivity contribution < 1.29 is 59.7 Å². The number of aromatic nitrogens is 12. The molecule has 3 saturated heterocycles. The molecule has 3 aliphatic rings. The summed E-state index contributed by atoms with van der Waals surface area (Å²) in [6, 6.07) is 17.9. The molecule has 0 spiro atoms. The lowest BCUT2D eigenvalue weighted by atomic mass is 10.2. The normalized spacial score (nSPS) is 14.3. The van der Waals surface area contributed by atoms with Crippen LogP contribution in [-0.2, 0) is 13.1 Å². The highest BCUT2D eigenvalue weighted by Crippen LogP contribution is 2.40. The maximum atomic E-state index is 15.2. The molecular weight excluding hydrogens is 1550 g/mol. The van der Waals surface area contributed by atoms with Gasteiger partial charge in [-0.15, -0.1) is 0 Å². The van der Waals surface area contributed by atoms with Crippen LogP contribution in [0.15, 0.2) is 110 Å². The molecule has 119 heavy (non-hydrogen) atoms. The van der Waals surface area contributed by atoms with E-state index in [9.17, 15) is 32.3 Å². The molecule has 31 nitrogen and oxygen atoms in total. The number of H-pyrrole nitrogens is 3. The predicted molar refractivity (Wildman–Crippen MR) is 435 cm³/mol. The summed E-state index contributed by atoms with van der Waals surface area (Å²) in [6.07, 6.45) is 8.39. The molecule has 3 fully saturated rings. The molecule has 3 aromatic carbocycles. The second kappa shape index (κ2) is 36.7. The third-order valence-corrected chi connectivity index (χ3v) is 20.1. The van der Waals surface area contributed by atoms with Crippen molar-refractivity contribution in [2.75, 3.05) is 157 Å². The van der Waals surface area contributed by atoms with Crippen LogP contribution in [0.5, 0.6) is 34.9 Å². The smallest absolute Gasteiger partial charge is 0.262 e. The third-order valence-electron chi connectivity index (χ3n) is 20.1. The number of carbonyl (C=O) groups excluding carboxylic acids is 4. The van der Waals surface area contributed by atoms with Crippen LogP contribution >= 0.6 is 0 Å². The van der Waals surface area contributed by atoms with Crippen LogP contribution in [-0.4, -0.2) is 269 Å². The quantitative estimate of drug-likeness (QED) is 0.0364. The van der Waals surface area contributed by atoms with Crippen molar-refractivity contribution >= 4 is 91.1 Å². The number of hydrogen-bond donors (Lipinski definition) is 6. The summed E-state index contributed by atoms with van der Waals surface area (Å²) in [4.78, 5) is 116. The number of benzene rings is 3. The molecule has 37 heteroatoms. The Balaban J connectivity index is 0.000000155. The summed E-state index contributed by atoms with van der Waals surface area (Å²) >= 11 is 0. The summed E-state index contributed by atoms with van der Waals surface area (Å²) in [5, 5.41) is 9.19. The van der Waals surface area contributed by atoms with Gasteiger partial charge in [-0.3, -0.25) is 34.0 Å². The second-order valence-corrected chi connectivity index (χ2v) is 29.6. The highest BCUT2D eigenvalue weighted by molar-refractivity contribution is 6.03. The number of amides is 4. The van der Waals surface area contributed by atoms with Gasteiger partial charge in [-0.05, 0) is 95.5 Å². The van der Waals surface area contributed by atoms with E-state index in [2.05, 4.69) is 114 Å². The zero-order chi connectivity index (χ0) is 84.6. The second-order valence-electron chi connectivity index (χ2n) is 29.6. The molecule has 9 aromatic heterocycles. The van der Waals surface area contributed by atoms with Crippen LogP contribution in [0.1, 0.15) is 76.7 Å². The number of nitrogens with zero attached hydrogens (tertiary/aromatic N) is 18. The summed E-state index contributed by atoms with van der Waals surface area (Å²) in [5.74, 6) is -6.95. The number of halogens is 6. The van der Waals surface area contributed by atoms with Crippen LogP contribution in [0, 0.1) is 55.7 Å². The van der Waals surface area contributed by atoms with Crippen molar-refractivity contribution in [2.45, 2.75) is 40.8 Å². The number of aryl methyl sites for hydroxylation is 3. The van der Waals surface area contributed by atoms with Gasteiger partial charge in [-0.2, -0.15) is 0 Å². The summed E-state index contributed by atoms with van der Waals surface area (Å²) < 4.78 is 107. The Bertz CT molecular complexity index is 5690. The van der Waals surface area contributed by atoms with E-state index in [0.717, 1.165) is 121 Å². The molecular formula is C82H90F6N24O7.